The van der Waals surface area contributed by atoms with E-state index < -0.39 is 97.5 Å². The Morgan fingerprint density at radius 3 is 0.724 bits per heavy atom. The first-order valence-electron chi connectivity index (χ1n) is 44.4. The second-order valence-corrected chi connectivity index (χ2v) is 35.0. The van der Waals surface area contributed by atoms with Crippen molar-refractivity contribution in [3.8, 4) is 0 Å². The third-order valence-corrected chi connectivity index (χ3v) is 22.4. The van der Waals surface area contributed by atoms with Crippen LogP contribution < -0.4 is 0 Å². The van der Waals surface area contributed by atoms with E-state index in [0.29, 0.717) is 25.7 Å². The smallest absolute Gasteiger partial charge is 0.462 e. The van der Waals surface area contributed by atoms with Crippen molar-refractivity contribution in [1.82, 2.24) is 0 Å². The van der Waals surface area contributed by atoms with Gasteiger partial charge in [0.1, 0.15) is 19.3 Å². The number of phosphoric ester groups is 2. The number of ether oxygens (including phenoxy) is 4. The second-order valence-electron chi connectivity index (χ2n) is 32.1. The fourth-order valence-electron chi connectivity index (χ4n) is 13.3. The summed E-state index contributed by atoms with van der Waals surface area (Å²) in [6.45, 7) is 12.0. The number of carbonyl (C=O) groups excluding carboxylic acids is 4. The fraction of sp³-hybridized carbons (Fsp3) is 0.953. The maximum Gasteiger partial charge on any atom is 0.472 e. The van der Waals surface area contributed by atoms with Crippen LogP contribution in [0.5, 0.6) is 0 Å². The van der Waals surface area contributed by atoms with Crippen molar-refractivity contribution in [2.45, 2.75) is 471 Å². The molecule has 0 aromatic rings. The van der Waals surface area contributed by atoms with Crippen LogP contribution in [0.15, 0.2) is 0 Å². The quantitative estimate of drug-likeness (QED) is 0.0222. The summed E-state index contributed by atoms with van der Waals surface area (Å²) in [5.41, 5.74) is 0. The van der Waals surface area contributed by atoms with E-state index in [9.17, 15) is 43.2 Å². The number of rotatable bonds is 84. The molecule has 3 N–H and O–H groups in total. The largest absolute Gasteiger partial charge is 0.472 e. The SMILES string of the molecule is CCCCCCCCCCCCCC(=O)OC[C@H](COP(=O)(O)OC[C@H](O)COP(=O)(O)OC[C@@H](COC(=O)CCCCCCCCCCCCCCCCCCCCC(C)C)OC(=O)CCCCCCCCCCCCCCCCCCCCC(C)CC)OC(=O)CCCCCCCCCCC(C)C. The monoisotopic (exact) mass is 1540 g/mol. The zero-order valence-electron chi connectivity index (χ0n) is 69.2. The van der Waals surface area contributed by atoms with E-state index in [2.05, 4.69) is 48.5 Å². The minimum Gasteiger partial charge on any atom is -0.462 e. The van der Waals surface area contributed by atoms with Gasteiger partial charge in [0.2, 0.25) is 0 Å². The molecule has 19 heteroatoms. The molecule has 6 atom stereocenters. The Labute approximate surface area is 645 Å². The summed E-state index contributed by atoms with van der Waals surface area (Å²) < 4.78 is 68.8. The number of hydrogen-bond acceptors (Lipinski definition) is 15. The molecule has 0 amide bonds. The summed E-state index contributed by atoms with van der Waals surface area (Å²) in [5, 5.41) is 10.7. The van der Waals surface area contributed by atoms with Crippen molar-refractivity contribution >= 4 is 39.5 Å². The van der Waals surface area contributed by atoms with Gasteiger partial charge in [-0.1, -0.05) is 402 Å². The number of aliphatic hydroxyl groups excluding tert-OH is 1. The van der Waals surface area contributed by atoms with E-state index >= 15 is 0 Å². The summed E-state index contributed by atoms with van der Waals surface area (Å²) in [6, 6.07) is 0. The van der Waals surface area contributed by atoms with Gasteiger partial charge in [-0.25, -0.2) is 9.13 Å². The Morgan fingerprint density at radius 2 is 0.486 bits per heavy atom. The highest BCUT2D eigenvalue weighted by molar-refractivity contribution is 7.47. The highest BCUT2D eigenvalue weighted by atomic mass is 31.2. The van der Waals surface area contributed by atoms with Crippen LogP contribution in [0.4, 0.5) is 0 Å². The predicted molar refractivity (Wildman–Crippen MR) is 432 cm³/mol. The van der Waals surface area contributed by atoms with E-state index in [1.165, 1.54) is 263 Å². The van der Waals surface area contributed by atoms with Crippen LogP contribution in [0.25, 0.3) is 0 Å². The second kappa shape index (κ2) is 76.1. The van der Waals surface area contributed by atoms with Crippen molar-refractivity contribution in [2.24, 2.45) is 17.8 Å². The van der Waals surface area contributed by atoms with Gasteiger partial charge in [0, 0.05) is 25.7 Å². The van der Waals surface area contributed by atoms with Gasteiger partial charge in [-0.3, -0.25) is 37.3 Å². The van der Waals surface area contributed by atoms with Crippen LogP contribution in [-0.2, 0) is 65.4 Å². The number of esters is 4. The molecule has 0 heterocycles. The van der Waals surface area contributed by atoms with Crippen LogP contribution in [0.3, 0.4) is 0 Å². The summed E-state index contributed by atoms with van der Waals surface area (Å²) in [7, 11) is -9.92. The maximum atomic E-state index is 13.1. The third kappa shape index (κ3) is 78.5. The van der Waals surface area contributed by atoms with E-state index in [-0.39, 0.29) is 25.7 Å². The zero-order valence-corrected chi connectivity index (χ0v) is 71.0. The topological polar surface area (TPSA) is 237 Å². The number of unbranched alkanes of at least 4 members (excludes halogenated alkanes) is 51. The molecule has 0 spiro atoms. The Hall–Kier alpha value is -1.94. The van der Waals surface area contributed by atoms with Crippen molar-refractivity contribution in [3.05, 3.63) is 0 Å². The van der Waals surface area contributed by atoms with Gasteiger partial charge in [-0.05, 0) is 43.4 Å². The molecule has 0 bridgehead atoms. The highest BCUT2D eigenvalue weighted by Crippen LogP contribution is 2.45. The van der Waals surface area contributed by atoms with Crippen LogP contribution in [0.1, 0.15) is 453 Å². The third-order valence-electron chi connectivity index (χ3n) is 20.5. The lowest BCUT2D eigenvalue weighted by Crippen LogP contribution is -2.30. The van der Waals surface area contributed by atoms with Gasteiger partial charge in [-0.15, -0.1) is 0 Å². The van der Waals surface area contributed by atoms with Gasteiger partial charge < -0.3 is 33.8 Å². The fourth-order valence-corrected chi connectivity index (χ4v) is 14.9. The normalized spacial score (nSPS) is 14.1. The number of phosphoric acid groups is 2. The molecule has 0 aromatic heterocycles. The molecular weight excluding hydrogens is 1370 g/mol. The first kappa shape index (κ1) is 103. The lowest BCUT2D eigenvalue weighted by molar-refractivity contribution is -0.161. The number of aliphatic hydroxyl groups is 1. The Kier molecular flexibility index (Phi) is 74.7. The predicted octanol–water partition coefficient (Wildman–Crippen LogP) is 26.1. The Balaban J connectivity index is 5.19. The molecule has 0 rings (SSSR count). The molecule has 3 unspecified atom stereocenters. The van der Waals surface area contributed by atoms with Gasteiger partial charge in [0.15, 0.2) is 12.2 Å². The average Bonchev–Trinajstić information content (AvgIpc) is 0.911. The molecular formula is C86H168O17P2. The molecule has 17 nitrogen and oxygen atoms in total. The van der Waals surface area contributed by atoms with Crippen LogP contribution >= 0.6 is 15.6 Å². The van der Waals surface area contributed by atoms with E-state index in [4.69, 9.17) is 37.0 Å². The molecule has 0 aliphatic heterocycles. The van der Waals surface area contributed by atoms with E-state index in [1.54, 1.807) is 0 Å². The van der Waals surface area contributed by atoms with Crippen molar-refractivity contribution in [1.29, 1.82) is 0 Å². The number of hydrogen-bond donors (Lipinski definition) is 3. The van der Waals surface area contributed by atoms with Crippen molar-refractivity contribution in [2.75, 3.05) is 39.6 Å². The van der Waals surface area contributed by atoms with Crippen LogP contribution in [0, 0.1) is 17.8 Å². The van der Waals surface area contributed by atoms with Crippen molar-refractivity contribution < 1.29 is 80.2 Å². The molecule has 624 valence electrons. The van der Waals surface area contributed by atoms with Crippen LogP contribution in [0.2, 0.25) is 0 Å². The standard InChI is InChI=1S/C86H168O17P2/c1-8-10-11-12-13-14-31-38-46-53-60-67-83(88)96-74-82(103-86(91)70-63-56-49-42-41-44-51-58-65-78(5)6)76-101-105(94,95)99-72-80(87)71-98-104(92,93)100-75-81(73-97-84(89)68-61-54-47-39-34-29-25-21-17-15-19-23-27-32-36-43-50-57-64-77(3)4)102-85(90)69-62-55-48-40-35-30-26-22-18-16-20-24-28-33-37-45-52-59-66-79(7)9-2/h77-82,87H,8-76H2,1-7H3,(H,92,93)(H,94,95)/t79?,80-,81-,82-/m1/s1. The van der Waals surface area contributed by atoms with Crippen molar-refractivity contribution in [3.63, 3.8) is 0 Å². The minimum absolute atomic E-state index is 0.105. The lowest BCUT2D eigenvalue weighted by Gasteiger charge is -2.21. The molecule has 0 aliphatic carbocycles. The molecule has 105 heavy (non-hydrogen) atoms. The van der Waals surface area contributed by atoms with E-state index in [0.717, 1.165) is 108 Å². The molecule has 0 aliphatic rings. The first-order chi connectivity index (χ1) is 50.8. The van der Waals surface area contributed by atoms with Gasteiger partial charge >= 0.3 is 39.5 Å². The van der Waals surface area contributed by atoms with Gasteiger partial charge in [-0.2, -0.15) is 0 Å². The first-order valence-corrected chi connectivity index (χ1v) is 47.4. The lowest BCUT2D eigenvalue weighted by atomic mass is 9.99. The summed E-state index contributed by atoms with van der Waals surface area (Å²) in [5.74, 6) is 0.305. The molecule has 0 fully saturated rings. The summed E-state index contributed by atoms with van der Waals surface area (Å²) in [4.78, 5) is 73.1. The molecule has 0 saturated heterocycles. The summed E-state index contributed by atoms with van der Waals surface area (Å²) in [6.07, 6.45) is 66.8. The zero-order chi connectivity index (χ0) is 77.2. The van der Waals surface area contributed by atoms with Gasteiger partial charge in [0.25, 0.3) is 0 Å². The average molecular weight is 1540 g/mol. The molecule has 0 saturated carbocycles. The molecule has 0 radical (unpaired) electrons. The summed E-state index contributed by atoms with van der Waals surface area (Å²) >= 11 is 0. The van der Waals surface area contributed by atoms with Gasteiger partial charge in [0.05, 0.1) is 26.4 Å². The Bertz CT molecular complexity index is 2030. The highest BCUT2D eigenvalue weighted by Gasteiger charge is 2.30. The van der Waals surface area contributed by atoms with E-state index in [1.807, 2.05) is 0 Å². The maximum absolute atomic E-state index is 13.1. The Morgan fingerprint density at radius 1 is 0.276 bits per heavy atom. The molecule has 0 aromatic carbocycles. The van der Waals surface area contributed by atoms with Crippen LogP contribution in [-0.4, -0.2) is 96.7 Å². The minimum atomic E-state index is -4.97. The number of carbonyl (C=O) groups is 4.